The number of nitrogens with one attached hydrogen (secondary N) is 1. The van der Waals surface area contributed by atoms with E-state index < -0.39 is 0 Å². The molecule has 4 heteroatoms. The molecule has 0 aliphatic heterocycles. The van der Waals surface area contributed by atoms with E-state index in [-0.39, 0.29) is 5.91 Å². The Balaban J connectivity index is 1.93. The average Bonchev–Trinajstić information content (AvgIpc) is 3.11. The first-order chi connectivity index (χ1) is 8.56. The molecule has 0 unspecified atom stereocenters. The third-order valence-corrected chi connectivity index (χ3v) is 3.96. The van der Waals surface area contributed by atoms with Gasteiger partial charge in [-0.3, -0.25) is 4.79 Å². The minimum absolute atomic E-state index is 0.0688. The molecular formula is C14H19ClN2O. The van der Waals surface area contributed by atoms with Gasteiger partial charge in [-0.2, -0.15) is 0 Å². The van der Waals surface area contributed by atoms with E-state index in [4.69, 9.17) is 17.3 Å². The van der Waals surface area contributed by atoms with Crippen LogP contribution in [-0.2, 0) is 0 Å². The Bertz CT molecular complexity index is 455. The summed E-state index contributed by atoms with van der Waals surface area (Å²) >= 11 is 5.83. The molecule has 0 radical (unpaired) electrons. The van der Waals surface area contributed by atoms with E-state index in [1.807, 2.05) is 0 Å². The van der Waals surface area contributed by atoms with Gasteiger partial charge in [-0.15, -0.1) is 0 Å². The van der Waals surface area contributed by atoms with Crippen molar-refractivity contribution in [2.75, 3.05) is 12.3 Å². The smallest absolute Gasteiger partial charge is 0.251 e. The summed E-state index contributed by atoms with van der Waals surface area (Å²) in [6, 6.07) is 4.98. The maximum absolute atomic E-state index is 12.0. The molecule has 2 rings (SSSR count). The van der Waals surface area contributed by atoms with Crippen molar-refractivity contribution in [2.24, 2.45) is 5.41 Å². The Labute approximate surface area is 113 Å². The zero-order valence-electron chi connectivity index (χ0n) is 10.6. The van der Waals surface area contributed by atoms with Crippen molar-refractivity contribution in [2.45, 2.75) is 32.6 Å². The van der Waals surface area contributed by atoms with E-state index in [1.165, 1.54) is 25.7 Å². The van der Waals surface area contributed by atoms with Crippen LogP contribution in [0.1, 0.15) is 43.0 Å². The second-order valence-electron chi connectivity index (χ2n) is 5.17. The van der Waals surface area contributed by atoms with Crippen LogP contribution < -0.4 is 11.1 Å². The first-order valence-corrected chi connectivity index (χ1v) is 6.77. The van der Waals surface area contributed by atoms with E-state index in [1.54, 1.807) is 18.2 Å². The van der Waals surface area contributed by atoms with Gasteiger partial charge in [0.15, 0.2) is 0 Å². The van der Waals surface area contributed by atoms with Gasteiger partial charge in [0.1, 0.15) is 0 Å². The van der Waals surface area contributed by atoms with Crippen LogP contribution in [-0.4, -0.2) is 12.5 Å². The number of nitrogens with two attached hydrogens (primary N) is 1. The maximum atomic E-state index is 12.0. The molecule has 98 valence electrons. The summed E-state index contributed by atoms with van der Waals surface area (Å²) in [6.07, 6.45) is 4.81. The number of halogens is 1. The Morgan fingerprint density at radius 1 is 1.50 bits per heavy atom. The van der Waals surface area contributed by atoms with Crippen LogP contribution in [0.4, 0.5) is 5.69 Å². The highest BCUT2D eigenvalue weighted by atomic mass is 35.5. The maximum Gasteiger partial charge on any atom is 0.251 e. The second kappa shape index (κ2) is 5.19. The van der Waals surface area contributed by atoms with Gasteiger partial charge in [-0.05, 0) is 42.9 Å². The standard InChI is InChI=1S/C14H19ClN2O/c1-2-5-14(6-7-14)9-17-13(18)10-3-4-11(15)12(16)8-10/h3-4,8H,2,5-7,9,16H2,1H3,(H,17,18). The number of carbonyl (C=O) groups is 1. The van der Waals surface area contributed by atoms with Crippen LogP contribution in [0.2, 0.25) is 5.02 Å². The number of amides is 1. The van der Waals surface area contributed by atoms with Gasteiger partial charge in [0.2, 0.25) is 0 Å². The van der Waals surface area contributed by atoms with Gasteiger partial charge in [-0.1, -0.05) is 24.9 Å². The van der Waals surface area contributed by atoms with Crippen LogP contribution in [0.5, 0.6) is 0 Å². The zero-order valence-corrected chi connectivity index (χ0v) is 11.4. The Hall–Kier alpha value is -1.22. The minimum atomic E-state index is -0.0688. The Morgan fingerprint density at radius 2 is 2.22 bits per heavy atom. The lowest BCUT2D eigenvalue weighted by Crippen LogP contribution is -2.30. The fourth-order valence-electron chi connectivity index (χ4n) is 2.28. The molecule has 18 heavy (non-hydrogen) atoms. The monoisotopic (exact) mass is 266 g/mol. The van der Waals surface area contributed by atoms with Gasteiger partial charge < -0.3 is 11.1 Å². The Kier molecular flexibility index (Phi) is 3.81. The van der Waals surface area contributed by atoms with Crippen LogP contribution in [0.15, 0.2) is 18.2 Å². The van der Waals surface area contributed by atoms with Crippen LogP contribution in [0.3, 0.4) is 0 Å². The molecule has 0 saturated heterocycles. The predicted molar refractivity (Wildman–Crippen MR) is 74.8 cm³/mol. The second-order valence-corrected chi connectivity index (χ2v) is 5.58. The molecule has 1 fully saturated rings. The predicted octanol–water partition coefficient (Wildman–Crippen LogP) is 3.23. The summed E-state index contributed by atoms with van der Waals surface area (Å²) in [5.41, 5.74) is 7.07. The molecule has 0 aromatic heterocycles. The lowest BCUT2D eigenvalue weighted by atomic mass is 10.0. The highest BCUT2D eigenvalue weighted by molar-refractivity contribution is 6.33. The van der Waals surface area contributed by atoms with Crippen molar-refractivity contribution < 1.29 is 4.79 Å². The lowest BCUT2D eigenvalue weighted by Gasteiger charge is -2.15. The summed E-state index contributed by atoms with van der Waals surface area (Å²) in [5.74, 6) is -0.0688. The Morgan fingerprint density at radius 3 is 2.78 bits per heavy atom. The van der Waals surface area contributed by atoms with Gasteiger partial charge in [-0.25, -0.2) is 0 Å². The third kappa shape index (κ3) is 2.96. The van der Waals surface area contributed by atoms with Gasteiger partial charge in [0.25, 0.3) is 5.91 Å². The summed E-state index contributed by atoms with van der Waals surface area (Å²) in [6.45, 7) is 2.95. The van der Waals surface area contributed by atoms with E-state index in [9.17, 15) is 4.79 Å². The van der Waals surface area contributed by atoms with Gasteiger partial charge in [0, 0.05) is 12.1 Å². The van der Waals surface area contributed by atoms with Crippen molar-refractivity contribution in [3.05, 3.63) is 28.8 Å². The molecule has 0 atom stereocenters. The van der Waals surface area contributed by atoms with E-state index in [2.05, 4.69) is 12.2 Å². The SMILES string of the molecule is CCCC1(CNC(=O)c2ccc(Cl)c(N)c2)CC1. The van der Waals surface area contributed by atoms with Crippen molar-refractivity contribution in [3.8, 4) is 0 Å². The minimum Gasteiger partial charge on any atom is -0.398 e. The highest BCUT2D eigenvalue weighted by Gasteiger charge is 2.41. The van der Waals surface area contributed by atoms with Crippen LogP contribution in [0, 0.1) is 5.41 Å². The molecule has 1 aromatic carbocycles. The highest BCUT2D eigenvalue weighted by Crippen LogP contribution is 2.48. The van der Waals surface area contributed by atoms with Crippen molar-refractivity contribution in [3.63, 3.8) is 0 Å². The third-order valence-electron chi connectivity index (χ3n) is 3.62. The zero-order chi connectivity index (χ0) is 13.2. The molecule has 3 nitrogen and oxygen atoms in total. The first-order valence-electron chi connectivity index (χ1n) is 6.39. The lowest BCUT2D eigenvalue weighted by molar-refractivity contribution is 0.0944. The molecule has 0 heterocycles. The topological polar surface area (TPSA) is 55.1 Å². The van der Waals surface area contributed by atoms with Crippen LogP contribution >= 0.6 is 11.6 Å². The van der Waals surface area contributed by atoms with Crippen molar-refractivity contribution in [1.82, 2.24) is 5.32 Å². The fraction of sp³-hybridized carbons (Fsp3) is 0.500. The molecule has 1 aliphatic carbocycles. The quantitative estimate of drug-likeness (QED) is 0.804. The molecule has 1 amide bonds. The molecule has 1 aliphatic rings. The summed E-state index contributed by atoms with van der Waals surface area (Å²) in [4.78, 5) is 12.0. The van der Waals surface area contributed by atoms with E-state index >= 15 is 0 Å². The number of hydrogen-bond donors (Lipinski definition) is 2. The molecule has 3 N–H and O–H groups in total. The number of rotatable bonds is 5. The fourth-order valence-corrected chi connectivity index (χ4v) is 2.39. The summed E-state index contributed by atoms with van der Waals surface area (Å²) in [5, 5.41) is 3.48. The number of nitrogen functional groups attached to an aromatic ring is 1. The van der Waals surface area contributed by atoms with Crippen molar-refractivity contribution >= 4 is 23.2 Å². The van der Waals surface area contributed by atoms with Gasteiger partial charge in [0.05, 0.1) is 10.7 Å². The average molecular weight is 267 g/mol. The van der Waals surface area contributed by atoms with Crippen molar-refractivity contribution in [1.29, 1.82) is 0 Å². The largest absolute Gasteiger partial charge is 0.398 e. The summed E-state index contributed by atoms with van der Waals surface area (Å²) in [7, 11) is 0. The summed E-state index contributed by atoms with van der Waals surface area (Å²) < 4.78 is 0. The molecule has 0 spiro atoms. The van der Waals surface area contributed by atoms with Crippen LogP contribution in [0.25, 0.3) is 0 Å². The van der Waals surface area contributed by atoms with E-state index in [0.717, 1.165) is 6.54 Å². The molecule has 1 saturated carbocycles. The number of carbonyl (C=O) groups excluding carboxylic acids is 1. The molecular weight excluding hydrogens is 248 g/mol. The van der Waals surface area contributed by atoms with E-state index in [0.29, 0.717) is 21.7 Å². The molecule has 1 aromatic rings. The molecule has 0 bridgehead atoms. The number of hydrogen-bond acceptors (Lipinski definition) is 2. The van der Waals surface area contributed by atoms with Gasteiger partial charge >= 0.3 is 0 Å². The number of benzene rings is 1. The number of anilines is 1. The normalized spacial score (nSPS) is 16.3. The first kappa shape index (κ1) is 13.2.